The molecule has 0 saturated heterocycles. The van der Waals surface area contributed by atoms with Crippen LogP contribution >= 0.6 is 0 Å². The number of aromatic nitrogens is 3. The van der Waals surface area contributed by atoms with Crippen molar-refractivity contribution in [3.63, 3.8) is 0 Å². The van der Waals surface area contributed by atoms with E-state index in [0.717, 1.165) is 12.4 Å². The van der Waals surface area contributed by atoms with Crippen molar-refractivity contribution in [3.8, 4) is 11.3 Å². The molecule has 0 aliphatic rings. The molecule has 1 aromatic carbocycles. The fourth-order valence-electron chi connectivity index (χ4n) is 3.10. The minimum Gasteiger partial charge on any atom is -0.462 e. The van der Waals surface area contributed by atoms with Crippen LogP contribution in [0.15, 0.2) is 42.7 Å². The van der Waals surface area contributed by atoms with Crippen LogP contribution in [0.1, 0.15) is 28.4 Å². The van der Waals surface area contributed by atoms with Gasteiger partial charge in [0.2, 0.25) is 5.95 Å². The van der Waals surface area contributed by atoms with Crippen molar-refractivity contribution in [2.24, 2.45) is 0 Å². The second-order valence-electron chi connectivity index (χ2n) is 7.48. The van der Waals surface area contributed by atoms with Gasteiger partial charge < -0.3 is 15.4 Å². The highest BCUT2D eigenvalue weighted by Crippen LogP contribution is 2.39. The summed E-state index contributed by atoms with van der Waals surface area (Å²) in [6, 6.07) is 3.47. The molecule has 0 aliphatic carbocycles. The van der Waals surface area contributed by atoms with E-state index in [1.54, 1.807) is 0 Å². The lowest BCUT2D eigenvalue weighted by atomic mass is 10.00. The normalized spacial score (nSPS) is 11.7. The van der Waals surface area contributed by atoms with Crippen molar-refractivity contribution in [2.75, 3.05) is 30.3 Å². The first kappa shape index (κ1) is 28.1. The van der Waals surface area contributed by atoms with Crippen LogP contribution in [0.25, 0.3) is 11.3 Å². The zero-order chi connectivity index (χ0) is 28.1. The minimum atomic E-state index is -5.11. The molecule has 38 heavy (non-hydrogen) atoms. The highest BCUT2D eigenvalue weighted by Gasteiger charge is 2.37. The van der Waals surface area contributed by atoms with E-state index < -0.39 is 51.2 Å². The molecule has 0 radical (unpaired) electrons. The zero-order valence-corrected chi connectivity index (χ0v) is 19.4. The topological polar surface area (TPSA) is 132 Å². The zero-order valence-electron chi connectivity index (χ0n) is 19.4. The van der Waals surface area contributed by atoms with E-state index in [9.17, 15) is 41.3 Å². The van der Waals surface area contributed by atoms with Crippen LogP contribution in [-0.4, -0.2) is 45.5 Å². The van der Waals surface area contributed by atoms with Crippen molar-refractivity contribution >= 4 is 23.4 Å². The molecule has 10 nitrogen and oxygen atoms in total. The van der Waals surface area contributed by atoms with Crippen molar-refractivity contribution < 1.29 is 40.8 Å². The molecule has 0 saturated carbocycles. The minimum absolute atomic E-state index is 0.0359. The lowest BCUT2D eigenvalue weighted by molar-refractivity contribution is -0.385. The van der Waals surface area contributed by atoms with Crippen molar-refractivity contribution in [1.29, 1.82) is 0 Å². The van der Waals surface area contributed by atoms with Crippen LogP contribution < -0.4 is 10.6 Å². The summed E-state index contributed by atoms with van der Waals surface area (Å²) < 4.78 is 85.1. The first-order valence-corrected chi connectivity index (χ1v) is 10.7. The number of nitrogens with one attached hydrogen (secondary N) is 2. The van der Waals surface area contributed by atoms with E-state index >= 15 is 0 Å². The Morgan fingerprint density at radius 1 is 0.974 bits per heavy atom. The summed E-state index contributed by atoms with van der Waals surface area (Å²) in [6.45, 7) is 1.61. The summed E-state index contributed by atoms with van der Waals surface area (Å²) in [5, 5.41) is 16.2. The number of nitrogens with zero attached hydrogens (tertiary/aromatic N) is 4. The van der Waals surface area contributed by atoms with Gasteiger partial charge in [-0.15, -0.1) is 0 Å². The molecule has 2 heterocycles. The van der Waals surface area contributed by atoms with Crippen molar-refractivity contribution in [3.05, 3.63) is 69.5 Å². The number of carbonyl (C=O) groups excluding carboxylic acids is 1. The summed E-state index contributed by atoms with van der Waals surface area (Å²) in [7, 11) is 0. The average Bonchev–Trinajstić information content (AvgIpc) is 2.85. The van der Waals surface area contributed by atoms with Crippen LogP contribution in [-0.2, 0) is 17.1 Å². The smallest absolute Gasteiger partial charge is 0.416 e. The molecule has 2 aromatic heterocycles. The van der Waals surface area contributed by atoms with Gasteiger partial charge in [0.25, 0.3) is 5.69 Å². The summed E-state index contributed by atoms with van der Waals surface area (Å²) in [6.07, 6.45) is -8.23. The largest absolute Gasteiger partial charge is 0.462 e. The summed E-state index contributed by atoms with van der Waals surface area (Å²) >= 11 is 0. The van der Waals surface area contributed by atoms with Gasteiger partial charge in [-0.2, -0.15) is 26.3 Å². The van der Waals surface area contributed by atoms with Gasteiger partial charge in [-0.05, 0) is 31.2 Å². The van der Waals surface area contributed by atoms with E-state index in [4.69, 9.17) is 4.74 Å². The predicted octanol–water partition coefficient (Wildman–Crippen LogP) is 5.19. The second-order valence-corrected chi connectivity index (χ2v) is 7.48. The Hall–Kier alpha value is -4.50. The van der Waals surface area contributed by atoms with Crippen LogP contribution in [0.4, 0.5) is 43.8 Å². The maximum atomic E-state index is 13.4. The van der Waals surface area contributed by atoms with Gasteiger partial charge in [-0.1, -0.05) is 0 Å². The first-order valence-electron chi connectivity index (χ1n) is 10.7. The molecule has 16 heteroatoms. The van der Waals surface area contributed by atoms with Gasteiger partial charge in [0.1, 0.15) is 17.6 Å². The fourth-order valence-corrected chi connectivity index (χ4v) is 3.10. The molecule has 3 rings (SSSR count). The summed E-state index contributed by atoms with van der Waals surface area (Å²) in [4.78, 5) is 34.2. The Balaban J connectivity index is 1.90. The van der Waals surface area contributed by atoms with Gasteiger partial charge in [-0.25, -0.2) is 19.7 Å². The lowest BCUT2D eigenvalue weighted by Crippen LogP contribution is -2.17. The number of anilines is 2. The molecule has 202 valence electrons. The third-order valence-corrected chi connectivity index (χ3v) is 4.82. The van der Waals surface area contributed by atoms with E-state index in [2.05, 4.69) is 25.6 Å². The number of pyridine rings is 1. The van der Waals surface area contributed by atoms with Gasteiger partial charge in [0.05, 0.1) is 28.4 Å². The Morgan fingerprint density at radius 2 is 1.61 bits per heavy atom. The van der Waals surface area contributed by atoms with Gasteiger partial charge in [-0.3, -0.25) is 10.1 Å². The Kier molecular flexibility index (Phi) is 8.32. The average molecular weight is 544 g/mol. The summed E-state index contributed by atoms with van der Waals surface area (Å²) in [5.41, 5.74) is -4.91. The molecular formula is C22H18F6N6O4. The molecule has 0 bridgehead atoms. The van der Waals surface area contributed by atoms with Gasteiger partial charge >= 0.3 is 18.3 Å². The molecular weight excluding hydrogens is 526 g/mol. The monoisotopic (exact) mass is 544 g/mol. The number of rotatable bonds is 9. The van der Waals surface area contributed by atoms with Gasteiger partial charge in [0, 0.05) is 30.9 Å². The van der Waals surface area contributed by atoms with Crippen LogP contribution in [0, 0.1) is 10.1 Å². The van der Waals surface area contributed by atoms with Crippen molar-refractivity contribution in [2.45, 2.75) is 19.3 Å². The Morgan fingerprint density at radius 3 is 2.13 bits per heavy atom. The summed E-state index contributed by atoms with van der Waals surface area (Å²) in [5.74, 6) is -0.927. The van der Waals surface area contributed by atoms with Crippen LogP contribution in [0.3, 0.4) is 0 Å². The highest BCUT2D eigenvalue weighted by molar-refractivity contribution is 5.96. The number of benzene rings is 1. The van der Waals surface area contributed by atoms with E-state index in [-0.39, 0.29) is 37.4 Å². The number of alkyl halides is 6. The number of halogens is 6. The number of nitro groups is 1. The third kappa shape index (κ3) is 7.04. The third-order valence-electron chi connectivity index (χ3n) is 4.82. The molecule has 0 aliphatic heterocycles. The standard InChI is InChI=1S/C22H18F6N6O4/c1-2-38-19(35)16-11-32-20(30-6-5-29-17-4-3-15(10-31-17)34(36)37)33-18(16)12-7-13(21(23,24)25)9-14(8-12)22(26,27)28/h3-4,7-11H,2,5-6H2,1H3,(H,29,31)(H,30,32,33). The Bertz CT molecular complexity index is 1280. The number of esters is 1. The molecule has 0 unspecified atom stereocenters. The number of ether oxygens (including phenoxy) is 1. The maximum absolute atomic E-state index is 13.4. The quantitative estimate of drug-likeness (QED) is 0.123. The highest BCUT2D eigenvalue weighted by atomic mass is 19.4. The molecule has 0 amide bonds. The fraction of sp³-hybridized carbons (Fsp3) is 0.273. The van der Waals surface area contributed by atoms with E-state index in [0.29, 0.717) is 18.0 Å². The number of hydrogen-bond donors (Lipinski definition) is 2. The molecule has 0 spiro atoms. The van der Waals surface area contributed by atoms with Crippen LogP contribution in [0.2, 0.25) is 0 Å². The van der Waals surface area contributed by atoms with E-state index in [1.807, 2.05) is 0 Å². The van der Waals surface area contributed by atoms with Crippen molar-refractivity contribution in [1.82, 2.24) is 15.0 Å². The maximum Gasteiger partial charge on any atom is 0.416 e. The first-order chi connectivity index (χ1) is 17.8. The van der Waals surface area contributed by atoms with Crippen LogP contribution in [0.5, 0.6) is 0 Å². The van der Waals surface area contributed by atoms with E-state index in [1.165, 1.54) is 19.1 Å². The SMILES string of the molecule is CCOC(=O)c1cnc(NCCNc2ccc([N+](=O)[O-])cn2)nc1-c1cc(C(F)(F)F)cc(C(F)(F)F)c1. The predicted molar refractivity (Wildman–Crippen MR) is 121 cm³/mol. The number of hydrogen-bond acceptors (Lipinski definition) is 9. The Labute approximate surface area is 210 Å². The lowest BCUT2D eigenvalue weighted by Gasteiger charge is -2.16. The molecule has 2 N–H and O–H groups in total. The number of carbonyl (C=O) groups is 1. The van der Waals surface area contributed by atoms with Gasteiger partial charge in [0.15, 0.2) is 0 Å². The second kappa shape index (κ2) is 11.3. The molecule has 0 fully saturated rings. The molecule has 0 atom stereocenters. The molecule has 3 aromatic rings.